The molecule has 0 bridgehead atoms. The van der Waals surface area contributed by atoms with Gasteiger partial charge in [0.05, 0.1) is 36.3 Å². The molecule has 0 aliphatic carbocycles. The van der Waals surface area contributed by atoms with E-state index in [1.165, 1.54) is 18.7 Å². The van der Waals surface area contributed by atoms with E-state index in [4.69, 9.17) is 16.6 Å². The molecule has 0 spiro atoms. The molecule has 2 radical (unpaired) electrons. The maximum Gasteiger partial charge on any atom is 0.314 e. The molecule has 1 fully saturated rings. The van der Waals surface area contributed by atoms with Crippen LogP contribution in [0.4, 0.5) is 23.3 Å². The van der Waals surface area contributed by atoms with Gasteiger partial charge in [0.15, 0.2) is 0 Å². The molecule has 4 aliphatic rings. The van der Waals surface area contributed by atoms with E-state index >= 15 is 0 Å². The van der Waals surface area contributed by atoms with E-state index in [2.05, 4.69) is 73.5 Å². The van der Waals surface area contributed by atoms with E-state index < -0.39 is 23.8 Å². The number of hydrogen-bond donors (Lipinski definition) is 4. The number of carboxylic acid groups (broad SMARTS) is 1. The first-order chi connectivity index (χ1) is 30.0. The monoisotopic (exact) mass is 1250 g/mol. The van der Waals surface area contributed by atoms with Crippen LogP contribution in [-0.4, -0.2) is 111 Å². The van der Waals surface area contributed by atoms with Crippen LogP contribution in [-0.2, 0) is 119 Å². The summed E-state index contributed by atoms with van der Waals surface area (Å²) < 4.78 is 9.73. The van der Waals surface area contributed by atoms with E-state index in [9.17, 15) is 28.8 Å². The Labute approximate surface area is 473 Å². The van der Waals surface area contributed by atoms with Crippen LogP contribution >= 0.6 is 31.9 Å². The van der Waals surface area contributed by atoms with Gasteiger partial charge in [0.2, 0.25) is 11.8 Å². The van der Waals surface area contributed by atoms with Crippen molar-refractivity contribution in [2.24, 2.45) is 0 Å². The van der Waals surface area contributed by atoms with Crippen LogP contribution in [0, 0.1) is 42.5 Å². The Hall–Kier alpha value is -3.41. The molecule has 4 aliphatic heterocycles. The second-order valence-electron chi connectivity index (χ2n) is 14.6. The molecular formula is C43H70Br2N14O8Y2-4. The van der Waals surface area contributed by atoms with Crippen LogP contribution in [0.25, 0.3) is 11.9 Å². The molecule has 4 aromatic rings. The minimum absolute atomic E-state index is 0. The van der Waals surface area contributed by atoms with Gasteiger partial charge in [-0.3, -0.25) is 38.9 Å². The third-order valence-corrected chi connectivity index (χ3v) is 10.2. The van der Waals surface area contributed by atoms with Crippen molar-refractivity contribution in [2.75, 3.05) is 51.1 Å². The number of carbonyl (C=O) groups excluding carboxylic acids is 5. The summed E-state index contributed by atoms with van der Waals surface area (Å²) in [5.41, 5.74) is 15.9. The van der Waals surface area contributed by atoms with Crippen LogP contribution < -0.4 is 20.9 Å². The average molecular weight is 1250 g/mol. The number of rotatable bonds is 8. The van der Waals surface area contributed by atoms with Crippen molar-refractivity contribution in [1.29, 1.82) is 0 Å². The van der Waals surface area contributed by atoms with E-state index in [1.54, 1.807) is 20.5 Å². The number of alkyl halides is 2. The number of anilines is 4. The van der Waals surface area contributed by atoms with Crippen LogP contribution in [0.3, 0.4) is 0 Å². The molecule has 8 rings (SSSR count). The fourth-order valence-corrected chi connectivity index (χ4v) is 7.56. The summed E-state index contributed by atoms with van der Waals surface area (Å²) in [5, 5.41) is 33.3. The number of amides is 3. The number of aromatic nitrogens is 8. The smallest absolute Gasteiger partial charge is 0.314 e. The van der Waals surface area contributed by atoms with Gasteiger partial charge in [-0.15, -0.1) is 0 Å². The number of carbonyl (C=O) groups is 6. The van der Waals surface area contributed by atoms with Crippen molar-refractivity contribution in [3.05, 3.63) is 73.8 Å². The van der Waals surface area contributed by atoms with Gasteiger partial charge >= 0.3 is 17.9 Å². The van der Waals surface area contributed by atoms with Crippen molar-refractivity contribution in [3.8, 4) is 0 Å². The predicted molar refractivity (Wildman–Crippen MR) is 268 cm³/mol. The minimum Gasteiger partial charge on any atom is -0.693 e. The molecule has 0 atom stereocenters. The number of nitrogens with zero attached hydrogens (tertiary/aromatic N) is 9. The van der Waals surface area contributed by atoms with Gasteiger partial charge in [0.25, 0.3) is 0 Å². The maximum atomic E-state index is 11.9. The zero-order valence-corrected chi connectivity index (χ0v) is 48.8. The van der Waals surface area contributed by atoms with Gasteiger partial charge in [-0.2, -0.15) is 20.4 Å². The Balaban J connectivity index is -0.000000379. The molecule has 69 heavy (non-hydrogen) atoms. The van der Waals surface area contributed by atoms with Crippen LogP contribution in [0.5, 0.6) is 0 Å². The van der Waals surface area contributed by atoms with Crippen molar-refractivity contribution in [1.82, 2.24) is 39.5 Å². The molecular weight excluding hydrogens is 1180 g/mol. The number of hydrogen-bond acceptors (Lipinski definition) is 13. The normalized spacial score (nSPS) is 13.1. The average Bonchev–Trinajstić information content (AvgIpc) is 4.08. The number of aryl methyl sites for hydroxylation is 7. The number of aliphatic carboxylic acids is 1. The van der Waals surface area contributed by atoms with Gasteiger partial charge in [-0.05, 0) is 59.8 Å². The van der Waals surface area contributed by atoms with E-state index in [0.717, 1.165) is 84.1 Å². The van der Waals surface area contributed by atoms with Crippen LogP contribution in [0.1, 0.15) is 94.4 Å². The van der Waals surface area contributed by atoms with Gasteiger partial charge < -0.3 is 52.4 Å². The van der Waals surface area contributed by atoms with Crippen LogP contribution in [0.2, 0.25) is 0 Å². The van der Waals surface area contributed by atoms with Gasteiger partial charge in [0, 0.05) is 164 Å². The van der Waals surface area contributed by atoms with E-state index in [1.807, 2.05) is 49.2 Å². The summed E-state index contributed by atoms with van der Waals surface area (Å²) in [6.45, 7) is 12.8. The summed E-state index contributed by atoms with van der Waals surface area (Å²) in [4.78, 5) is 68.1. The summed E-state index contributed by atoms with van der Waals surface area (Å²) in [6, 6.07) is 7.59. The molecule has 0 unspecified atom stereocenters. The predicted octanol–water partition coefficient (Wildman–Crippen LogP) is 7.65. The zero-order valence-electron chi connectivity index (χ0n) is 39.9. The number of fused-ring (bicyclic) bond motifs is 3. The first-order valence-corrected chi connectivity index (χ1v) is 22.8. The zero-order chi connectivity index (χ0) is 46.5. The number of cyclic esters (lactones) is 2. The number of halogens is 2. The van der Waals surface area contributed by atoms with Crippen molar-refractivity contribution < 1.29 is 104 Å². The number of carboxylic acids is 1. The molecule has 26 heteroatoms. The molecule has 1 saturated heterocycles. The molecule has 4 aromatic heterocycles. The minimum atomic E-state index is -0.944. The second kappa shape index (κ2) is 38.3. The number of nitrogens with one attached hydrogen (secondary N) is 3. The molecule has 384 valence electrons. The third-order valence-electron chi connectivity index (χ3n) is 9.05. The number of nitrogens with two attached hydrogens (primary N) is 2. The molecule has 8 N–H and O–H groups in total. The Morgan fingerprint density at radius 1 is 0.725 bits per heavy atom. The first-order valence-electron chi connectivity index (χ1n) is 20.6. The number of nitrogen functional groups attached to an aromatic ring is 1. The largest absolute Gasteiger partial charge is 0.693 e. The topological polar surface area (TPSA) is 316 Å². The second-order valence-corrected chi connectivity index (χ2v) is 16.2. The van der Waals surface area contributed by atoms with Crippen LogP contribution in [0.15, 0.2) is 24.3 Å². The number of aromatic amines is 1. The van der Waals surface area contributed by atoms with Crippen molar-refractivity contribution in [2.45, 2.75) is 119 Å². The molecule has 0 aromatic carbocycles. The molecule has 8 heterocycles. The van der Waals surface area contributed by atoms with E-state index in [-0.39, 0.29) is 144 Å². The Kier molecular flexibility index (Phi) is 40.0. The summed E-state index contributed by atoms with van der Waals surface area (Å²) in [5.74, 6) is 0.622. The Bertz CT molecular complexity index is 2010. The molecule has 22 nitrogen and oxygen atoms in total. The fourth-order valence-electron chi connectivity index (χ4n) is 6.25. The third kappa shape index (κ3) is 26.6. The first kappa shape index (κ1) is 72.1. The Morgan fingerprint density at radius 2 is 1.17 bits per heavy atom. The summed E-state index contributed by atoms with van der Waals surface area (Å²) in [6.07, 6.45) is 4.67. The maximum absolute atomic E-state index is 11.9. The quantitative estimate of drug-likeness (QED) is 0.0570. The van der Waals surface area contributed by atoms with Gasteiger partial charge in [-0.1, -0.05) is 39.3 Å². The molecule has 0 saturated carbocycles. The van der Waals surface area contributed by atoms with Gasteiger partial charge in [0.1, 0.15) is 23.3 Å². The summed E-state index contributed by atoms with van der Waals surface area (Å²) >= 11 is 6.56. The number of ether oxygens (including phenoxy) is 1. The number of H-pyrrole nitrogens is 1. The van der Waals surface area contributed by atoms with E-state index in [0.29, 0.717) is 18.9 Å². The Morgan fingerprint density at radius 3 is 1.52 bits per heavy atom. The SMILES string of the molecule is BrCCCBr.C.Cc1cc(N)n[nH]1.Cc1cc2n(n1)CCCN2.Cc1cc2n(n1)CCCN2C(=O)CCC(=O)O.Cc1cc2n(n1)CCCN2C(=O)CCC([NH-])=O.O=C1CCC(=O)O1.[CH3-].[CH3-].[NH2-].[Y].[Y]. The van der Waals surface area contributed by atoms with Crippen molar-refractivity contribution >= 4 is 90.8 Å². The fraction of sp³-hybridized carbons (Fsp3) is 0.535. The summed E-state index contributed by atoms with van der Waals surface area (Å²) in [7, 11) is 0. The van der Waals surface area contributed by atoms with Crippen molar-refractivity contribution in [3.63, 3.8) is 0 Å². The number of esters is 2. The molecule has 3 amide bonds. The standard InChI is InChI=1S/C11H16N4O2.C11H15N3O3.C7H11N3.C4H7N3.C4H4O3.C3H6Br2.CH4.2CH3.H2N.2Y/c1-8-7-10-14(5-2-6-15(10)13-8)11(17)4-3-9(12)16;1-8-7-9-13(5-2-6-14(9)12-8)10(15)3-4-11(16)17;1-6-5-7-8-3-2-4-10(7)9-6;1-3-2-4(5)7-6-3;5-3-1-2-4(6)7-3;4-2-1-3-5;;;;;;/h7H,2-6H2,1H3,(H2,12,16);7H,2-6H2,1H3,(H,16,17);5,8H,2-4H2,1H3;2H,1H3,(H3,5,6,7);1-2H2;1-3H2;1H4;2*1H3;1H2;;/q;;;;;;;3*-1;;/p-1. The van der Waals surface area contributed by atoms with Gasteiger partial charge in [-0.25, -0.2) is 14.0 Å².